The lowest BCUT2D eigenvalue weighted by Gasteiger charge is -2.19. The quantitative estimate of drug-likeness (QED) is 0.510. The number of benzene rings is 1. The maximum absolute atomic E-state index is 13.0. The number of carbonyl (C=O) groups is 1. The zero-order valence-electron chi connectivity index (χ0n) is 17.9. The number of nitrogens with zero attached hydrogens (tertiary/aromatic N) is 3. The molecule has 0 spiro atoms. The Morgan fingerprint density at radius 3 is 2.65 bits per heavy atom. The maximum atomic E-state index is 13.0. The molecule has 9 heteroatoms. The van der Waals surface area contributed by atoms with Gasteiger partial charge in [0.05, 0.1) is 18.7 Å². The van der Waals surface area contributed by atoms with Crippen LogP contribution in [0.5, 0.6) is 11.5 Å². The Bertz CT molecular complexity index is 1020. The zero-order chi connectivity index (χ0) is 22.4. The topological polar surface area (TPSA) is 99.4 Å². The molecule has 0 radical (unpaired) electrons. The molecule has 164 valence electrons. The fourth-order valence-corrected chi connectivity index (χ4v) is 3.18. The standard InChI is InChI=1S/C22H25ClN4O4/c1-5-10-30-19-16(23)11-15(12-17(19)29-4)21(28)25-18(13(2)3)22-26-20(27-31-22)14-6-8-24-9-7-14/h6-9,11-13,18H,5,10H2,1-4H3,(H,25,28). The molecule has 1 amide bonds. The van der Waals surface area contributed by atoms with Crippen LogP contribution in [0.25, 0.3) is 11.4 Å². The van der Waals surface area contributed by atoms with Crippen molar-refractivity contribution in [2.24, 2.45) is 5.92 Å². The van der Waals surface area contributed by atoms with Crippen molar-refractivity contribution in [2.45, 2.75) is 33.2 Å². The van der Waals surface area contributed by atoms with Gasteiger partial charge in [0.1, 0.15) is 6.04 Å². The van der Waals surface area contributed by atoms with Gasteiger partial charge in [-0.15, -0.1) is 0 Å². The molecule has 0 saturated heterocycles. The molecule has 0 bridgehead atoms. The fourth-order valence-electron chi connectivity index (χ4n) is 2.91. The van der Waals surface area contributed by atoms with E-state index in [9.17, 15) is 4.79 Å². The third-order valence-electron chi connectivity index (χ3n) is 4.54. The molecule has 8 nitrogen and oxygen atoms in total. The number of hydrogen-bond acceptors (Lipinski definition) is 7. The second-order valence-electron chi connectivity index (χ2n) is 7.23. The summed E-state index contributed by atoms with van der Waals surface area (Å²) in [5, 5.41) is 7.28. The summed E-state index contributed by atoms with van der Waals surface area (Å²) in [5.41, 5.74) is 1.11. The predicted molar refractivity (Wildman–Crippen MR) is 116 cm³/mol. The average Bonchev–Trinajstić information content (AvgIpc) is 3.26. The summed E-state index contributed by atoms with van der Waals surface area (Å²) >= 11 is 6.35. The molecule has 3 rings (SSSR count). The number of nitrogens with one attached hydrogen (secondary N) is 1. The van der Waals surface area contributed by atoms with Gasteiger partial charge in [-0.05, 0) is 36.6 Å². The Kier molecular flexibility index (Phi) is 7.46. The van der Waals surface area contributed by atoms with Crippen molar-refractivity contribution in [1.82, 2.24) is 20.4 Å². The molecule has 1 aromatic carbocycles. The first-order chi connectivity index (χ1) is 14.9. The molecular formula is C22H25ClN4O4. The Hall–Kier alpha value is -3.13. The van der Waals surface area contributed by atoms with Crippen LogP contribution in [0.15, 0.2) is 41.2 Å². The first-order valence-electron chi connectivity index (χ1n) is 9.99. The van der Waals surface area contributed by atoms with Crippen LogP contribution in [-0.2, 0) is 0 Å². The first kappa shape index (κ1) is 22.6. The van der Waals surface area contributed by atoms with Crippen LogP contribution in [0, 0.1) is 5.92 Å². The number of rotatable bonds is 9. The molecule has 31 heavy (non-hydrogen) atoms. The van der Waals surface area contributed by atoms with E-state index in [1.165, 1.54) is 7.11 Å². The maximum Gasteiger partial charge on any atom is 0.252 e. The van der Waals surface area contributed by atoms with Gasteiger partial charge >= 0.3 is 0 Å². The summed E-state index contributed by atoms with van der Waals surface area (Å²) in [7, 11) is 1.50. The minimum atomic E-state index is -0.489. The summed E-state index contributed by atoms with van der Waals surface area (Å²) in [6, 6.07) is 6.23. The lowest BCUT2D eigenvalue weighted by atomic mass is 10.0. The lowest BCUT2D eigenvalue weighted by molar-refractivity contribution is 0.0913. The minimum Gasteiger partial charge on any atom is -0.493 e. The second kappa shape index (κ2) is 10.3. The monoisotopic (exact) mass is 444 g/mol. The highest BCUT2D eigenvalue weighted by molar-refractivity contribution is 6.32. The van der Waals surface area contributed by atoms with Crippen molar-refractivity contribution in [3.63, 3.8) is 0 Å². The zero-order valence-corrected chi connectivity index (χ0v) is 18.6. The highest BCUT2D eigenvalue weighted by atomic mass is 35.5. The van der Waals surface area contributed by atoms with Crippen molar-refractivity contribution >= 4 is 17.5 Å². The lowest BCUT2D eigenvalue weighted by Crippen LogP contribution is -2.32. The van der Waals surface area contributed by atoms with E-state index in [2.05, 4.69) is 20.4 Å². The molecule has 0 aliphatic heterocycles. The summed E-state index contributed by atoms with van der Waals surface area (Å²) in [6.07, 6.45) is 4.12. The van der Waals surface area contributed by atoms with E-state index in [-0.39, 0.29) is 11.8 Å². The van der Waals surface area contributed by atoms with Gasteiger partial charge < -0.3 is 19.3 Å². The number of methoxy groups -OCH3 is 1. The summed E-state index contributed by atoms with van der Waals surface area (Å²) in [4.78, 5) is 21.4. The summed E-state index contributed by atoms with van der Waals surface area (Å²) < 4.78 is 16.5. The molecule has 1 atom stereocenters. The Labute approximate surface area is 185 Å². The van der Waals surface area contributed by atoms with Gasteiger partial charge in [0, 0.05) is 23.5 Å². The van der Waals surface area contributed by atoms with Crippen LogP contribution in [0.4, 0.5) is 0 Å². The fraction of sp³-hybridized carbons (Fsp3) is 0.364. The van der Waals surface area contributed by atoms with Crippen LogP contribution in [0.2, 0.25) is 5.02 Å². The molecule has 1 N–H and O–H groups in total. The molecule has 0 saturated carbocycles. The van der Waals surface area contributed by atoms with E-state index in [4.69, 9.17) is 25.6 Å². The van der Waals surface area contributed by atoms with Crippen molar-refractivity contribution < 1.29 is 18.8 Å². The van der Waals surface area contributed by atoms with Gasteiger partial charge in [-0.25, -0.2) is 0 Å². The number of carbonyl (C=O) groups excluding carboxylic acids is 1. The third-order valence-corrected chi connectivity index (χ3v) is 4.82. The van der Waals surface area contributed by atoms with Gasteiger partial charge in [-0.1, -0.05) is 37.5 Å². The largest absolute Gasteiger partial charge is 0.493 e. The average molecular weight is 445 g/mol. The molecular weight excluding hydrogens is 420 g/mol. The van der Waals surface area contributed by atoms with Crippen LogP contribution in [0.3, 0.4) is 0 Å². The highest BCUT2D eigenvalue weighted by Crippen LogP contribution is 2.37. The van der Waals surface area contributed by atoms with E-state index >= 15 is 0 Å². The van der Waals surface area contributed by atoms with Gasteiger partial charge in [-0.2, -0.15) is 4.98 Å². The third kappa shape index (κ3) is 5.32. The SMILES string of the molecule is CCCOc1c(Cl)cc(C(=O)NC(c2nc(-c3ccncc3)no2)C(C)C)cc1OC. The molecule has 3 aromatic rings. The van der Waals surface area contributed by atoms with Gasteiger partial charge in [-0.3, -0.25) is 9.78 Å². The van der Waals surface area contributed by atoms with Gasteiger partial charge in [0.15, 0.2) is 11.5 Å². The van der Waals surface area contributed by atoms with E-state index in [0.717, 1.165) is 12.0 Å². The molecule has 1 unspecified atom stereocenters. The van der Waals surface area contributed by atoms with Crippen LogP contribution < -0.4 is 14.8 Å². The first-order valence-corrected chi connectivity index (χ1v) is 10.4. The van der Waals surface area contributed by atoms with Crippen molar-refractivity contribution in [2.75, 3.05) is 13.7 Å². The number of halogens is 1. The van der Waals surface area contributed by atoms with E-state index in [0.29, 0.717) is 40.4 Å². The molecule has 2 heterocycles. The normalized spacial score (nSPS) is 11.9. The Morgan fingerprint density at radius 1 is 1.26 bits per heavy atom. The molecule has 2 aromatic heterocycles. The highest BCUT2D eigenvalue weighted by Gasteiger charge is 2.26. The number of hydrogen-bond donors (Lipinski definition) is 1. The van der Waals surface area contributed by atoms with E-state index < -0.39 is 6.04 Å². The smallest absolute Gasteiger partial charge is 0.252 e. The van der Waals surface area contributed by atoms with Crippen LogP contribution in [-0.4, -0.2) is 34.7 Å². The molecule has 0 aliphatic rings. The molecule has 0 fully saturated rings. The van der Waals surface area contributed by atoms with Gasteiger partial charge in [0.2, 0.25) is 11.7 Å². The van der Waals surface area contributed by atoms with Crippen LogP contribution >= 0.6 is 11.6 Å². The Morgan fingerprint density at radius 2 is 2.00 bits per heavy atom. The Balaban J connectivity index is 1.83. The van der Waals surface area contributed by atoms with Crippen molar-refractivity contribution in [3.05, 3.63) is 53.1 Å². The van der Waals surface area contributed by atoms with Crippen molar-refractivity contribution in [3.8, 4) is 22.9 Å². The summed E-state index contributed by atoms with van der Waals surface area (Å²) in [6.45, 7) is 6.40. The molecule has 0 aliphatic carbocycles. The minimum absolute atomic E-state index is 0.000724. The summed E-state index contributed by atoms with van der Waals surface area (Å²) in [5.74, 6) is 1.21. The van der Waals surface area contributed by atoms with Crippen LogP contribution in [0.1, 0.15) is 49.5 Å². The number of amides is 1. The number of aromatic nitrogens is 3. The van der Waals surface area contributed by atoms with Gasteiger partial charge in [0.25, 0.3) is 5.91 Å². The van der Waals surface area contributed by atoms with E-state index in [1.54, 1.807) is 36.7 Å². The number of ether oxygens (including phenoxy) is 2. The number of pyridine rings is 1. The van der Waals surface area contributed by atoms with E-state index in [1.807, 2.05) is 20.8 Å². The predicted octanol–water partition coefficient (Wildman–Crippen LogP) is 4.71. The van der Waals surface area contributed by atoms with Crippen molar-refractivity contribution in [1.29, 1.82) is 0 Å². The second-order valence-corrected chi connectivity index (χ2v) is 7.63.